The number of hydrazine groups is 1. The van der Waals surface area contributed by atoms with E-state index in [-0.39, 0.29) is 0 Å². The van der Waals surface area contributed by atoms with Crippen molar-refractivity contribution in [3.8, 4) is 0 Å². The zero-order chi connectivity index (χ0) is 16.3. The monoisotopic (exact) mass is 307 g/mol. The molecule has 0 saturated carbocycles. The standard InChI is InChI=1S/C4H4F3N5O8/c5-3(6,7)1-8(12(19)20)2-4(9(13)14,10(15)16)11(17)18/h1-2H2. The number of nitrogens with zero attached hydrogens (tertiary/aromatic N) is 5. The summed E-state index contributed by atoms with van der Waals surface area (Å²) in [6.07, 6.45) is -5.25. The van der Waals surface area contributed by atoms with Gasteiger partial charge in [-0.15, -0.1) is 0 Å². The van der Waals surface area contributed by atoms with Gasteiger partial charge in [-0.3, -0.25) is 30.3 Å². The van der Waals surface area contributed by atoms with Crippen LogP contribution in [0.4, 0.5) is 13.2 Å². The van der Waals surface area contributed by atoms with Crippen LogP contribution in [-0.2, 0) is 0 Å². The lowest BCUT2D eigenvalue weighted by Crippen LogP contribution is -2.61. The van der Waals surface area contributed by atoms with Crippen molar-refractivity contribution in [1.82, 2.24) is 5.01 Å². The molecule has 0 rings (SSSR count). The van der Waals surface area contributed by atoms with Crippen molar-refractivity contribution in [1.29, 1.82) is 0 Å². The third-order valence-corrected chi connectivity index (χ3v) is 1.86. The normalized spacial score (nSPS) is 11.8. The molecule has 0 aromatic heterocycles. The fourth-order valence-electron chi connectivity index (χ4n) is 0.996. The Bertz CT molecular complexity index is 414. The Hall–Kier alpha value is -2.81. The SMILES string of the molecule is O=[N+]([O-])N(CC(F)(F)F)CC([N+](=O)[O-])([N+](=O)[O-])[N+](=O)[O-]. The fraction of sp³-hybridized carbons (Fsp3) is 1.00. The molecule has 0 aliphatic rings. The number of nitro groups is 4. The minimum Gasteiger partial charge on any atom is -0.253 e. The molecule has 0 saturated heterocycles. The largest absolute Gasteiger partial charge is 0.723 e. The zero-order valence-electron chi connectivity index (χ0n) is 9.05. The van der Waals surface area contributed by atoms with Crippen LogP contribution in [0.2, 0.25) is 0 Å². The Morgan fingerprint density at radius 1 is 0.800 bits per heavy atom. The third-order valence-electron chi connectivity index (χ3n) is 1.86. The summed E-state index contributed by atoms with van der Waals surface area (Å²) in [7, 11) is 0. The van der Waals surface area contributed by atoms with Gasteiger partial charge in [0.05, 0.1) is 0 Å². The van der Waals surface area contributed by atoms with E-state index in [1.54, 1.807) is 0 Å². The molecular formula is C4H4F3N5O8. The van der Waals surface area contributed by atoms with Crippen LogP contribution in [0.1, 0.15) is 0 Å². The number of halogens is 3. The lowest BCUT2D eigenvalue weighted by molar-refractivity contribution is -0.973. The number of hydrogen-bond donors (Lipinski definition) is 0. The van der Waals surface area contributed by atoms with Gasteiger partial charge in [0.15, 0.2) is 26.3 Å². The topological polar surface area (TPSA) is 176 Å². The summed E-state index contributed by atoms with van der Waals surface area (Å²) >= 11 is 0. The van der Waals surface area contributed by atoms with Gasteiger partial charge in [0, 0.05) is 0 Å². The fourth-order valence-corrected chi connectivity index (χ4v) is 0.996. The van der Waals surface area contributed by atoms with Crippen molar-refractivity contribution in [2.75, 3.05) is 13.1 Å². The van der Waals surface area contributed by atoms with Crippen LogP contribution in [0, 0.1) is 40.5 Å². The molecule has 0 amide bonds. The highest BCUT2D eigenvalue weighted by molar-refractivity contribution is 4.62. The summed E-state index contributed by atoms with van der Waals surface area (Å²) in [4.78, 5) is 35.2. The smallest absolute Gasteiger partial charge is 0.253 e. The summed E-state index contributed by atoms with van der Waals surface area (Å²) in [5.41, 5.74) is 0. The molecule has 0 aliphatic carbocycles. The summed E-state index contributed by atoms with van der Waals surface area (Å²) < 4.78 is 36.0. The van der Waals surface area contributed by atoms with Crippen LogP contribution in [0.5, 0.6) is 0 Å². The van der Waals surface area contributed by atoms with Gasteiger partial charge in [-0.1, -0.05) is 5.01 Å². The molecule has 0 aliphatic heterocycles. The summed E-state index contributed by atoms with van der Waals surface area (Å²) in [6, 6.07) is 0. The van der Waals surface area contributed by atoms with E-state index in [4.69, 9.17) is 0 Å². The van der Waals surface area contributed by atoms with E-state index in [1.807, 2.05) is 0 Å². The first kappa shape index (κ1) is 17.2. The lowest BCUT2D eigenvalue weighted by Gasteiger charge is -2.16. The maximum absolute atomic E-state index is 12.0. The maximum Gasteiger partial charge on any atom is 0.723 e. The zero-order valence-corrected chi connectivity index (χ0v) is 9.05. The molecule has 0 atom stereocenters. The minimum atomic E-state index is -5.25. The molecule has 0 N–H and O–H groups in total. The second-order valence-electron chi connectivity index (χ2n) is 3.22. The summed E-state index contributed by atoms with van der Waals surface area (Å²) in [6.45, 7) is -4.73. The van der Waals surface area contributed by atoms with Gasteiger partial charge in [0.1, 0.15) is 0 Å². The van der Waals surface area contributed by atoms with E-state index < -0.39 is 49.9 Å². The van der Waals surface area contributed by atoms with Gasteiger partial charge in [-0.25, -0.2) is 10.1 Å². The molecular weight excluding hydrogens is 303 g/mol. The highest BCUT2D eigenvalue weighted by atomic mass is 19.4. The molecule has 114 valence electrons. The highest BCUT2D eigenvalue weighted by Gasteiger charge is 2.73. The van der Waals surface area contributed by atoms with Crippen LogP contribution >= 0.6 is 0 Å². The van der Waals surface area contributed by atoms with Crippen molar-refractivity contribution >= 4 is 0 Å². The first-order valence-electron chi connectivity index (χ1n) is 4.24. The van der Waals surface area contributed by atoms with E-state index in [9.17, 15) is 53.6 Å². The van der Waals surface area contributed by atoms with E-state index >= 15 is 0 Å². The Morgan fingerprint density at radius 2 is 1.15 bits per heavy atom. The van der Waals surface area contributed by atoms with Crippen LogP contribution < -0.4 is 0 Å². The Balaban J connectivity index is 5.63. The molecule has 0 aromatic rings. The van der Waals surface area contributed by atoms with Gasteiger partial charge in [-0.05, 0) is 0 Å². The van der Waals surface area contributed by atoms with E-state index in [2.05, 4.69) is 0 Å². The summed E-state index contributed by atoms with van der Waals surface area (Å²) in [5.74, 6) is -4.38. The van der Waals surface area contributed by atoms with Crippen molar-refractivity contribution in [3.63, 3.8) is 0 Å². The first-order valence-corrected chi connectivity index (χ1v) is 4.24. The third kappa shape index (κ3) is 3.59. The lowest BCUT2D eigenvalue weighted by atomic mass is 10.3. The van der Waals surface area contributed by atoms with Crippen LogP contribution in [-0.4, -0.2) is 49.9 Å². The molecule has 0 fully saturated rings. The predicted molar refractivity (Wildman–Crippen MR) is 48.3 cm³/mol. The van der Waals surface area contributed by atoms with Gasteiger partial charge in [-0.2, -0.15) is 13.2 Å². The number of alkyl halides is 3. The molecule has 0 heterocycles. The quantitative estimate of drug-likeness (QED) is 0.341. The van der Waals surface area contributed by atoms with Gasteiger partial charge >= 0.3 is 12.0 Å². The molecule has 0 unspecified atom stereocenters. The second-order valence-corrected chi connectivity index (χ2v) is 3.22. The number of rotatable bonds is 7. The van der Waals surface area contributed by atoms with Crippen molar-refractivity contribution in [2.24, 2.45) is 0 Å². The Labute approximate surface area is 105 Å². The maximum atomic E-state index is 12.0. The molecule has 13 nitrogen and oxygen atoms in total. The van der Waals surface area contributed by atoms with Crippen molar-refractivity contribution < 1.29 is 33.0 Å². The van der Waals surface area contributed by atoms with Crippen LogP contribution in [0.3, 0.4) is 0 Å². The average Bonchev–Trinajstić information content (AvgIpc) is 2.20. The van der Waals surface area contributed by atoms with E-state index in [1.165, 1.54) is 0 Å². The number of hydrogen-bond acceptors (Lipinski definition) is 8. The van der Waals surface area contributed by atoms with E-state index in [0.29, 0.717) is 0 Å². The first-order chi connectivity index (χ1) is 8.84. The average molecular weight is 307 g/mol. The predicted octanol–water partition coefficient (Wildman–Crippen LogP) is -0.474. The van der Waals surface area contributed by atoms with Crippen molar-refractivity contribution in [2.45, 2.75) is 12.0 Å². The van der Waals surface area contributed by atoms with Gasteiger partial charge in [0.2, 0.25) is 0 Å². The Morgan fingerprint density at radius 3 is 1.35 bits per heavy atom. The molecule has 0 radical (unpaired) electrons. The molecule has 0 aromatic carbocycles. The van der Waals surface area contributed by atoms with Gasteiger partial charge in [0.25, 0.3) is 6.54 Å². The molecule has 16 heteroatoms. The second kappa shape index (κ2) is 5.45. The van der Waals surface area contributed by atoms with Crippen molar-refractivity contribution in [3.05, 3.63) is 40.5 Å². The van der Waals surface area contributed by atoms with Gasteiger partial charge < -0.3 is 0 Å². The molecule has 0 bridgehead atoms. The van der Waals surface area contributed by atoms with Crippen LogP contribution in [0.15, 0.2) is 0 Å². The summed E-state index contributed by atoms with van der Waals surface area (Å²) in [5, 5.41) is 38.7. The minimum absolute atomic E-state index is 1.02. The van der Waals surface area contributed by atoms with Crippen LogP contribution in [0.25, 0.3) is 0 Å². The Kier molecular flexibility index (Phi) is 4.68. The molecule has 20 heavy (non-hydrogen) atoms. The highest BCUT2D eigenvalue weighted by Crippen LogP contribution is 2.20. The molecule has 0 spiro atoms. The van der Waals surface area contributed by atoms with E-state index in [0.717, 1.165) is 0 Å².